The van der Waals surface area contributed by atoms with Gasteiger partial charge in [-0.2, -0.15) is 4.31 Å². The molecule has 0 aliphatic carbocycles. The van der Waals surface area contributed by atoms with Crippen LogP contribution in [-0.2, 0) is 16.4 Å². The largest absolute Gasteiger partial charge is 0.497 e. The van der Waals surface area contributed by atoms with Crippen molar-refractivity contribution in [3.8, 4) is 11.5 Å². The molecule has 9 nitrogen and oxygen atoms in total. The van der Waals surface area contributed by atoms with Crippen LogP contribution in [0, 0.1) is 0 Å². The molecule has 0 spiro atoms. The van der Waals surface area contributed by atoms with Crippen LogP contribution >= 0.6 is 0 Å². The molecule has 0 aliphatic rings. The van der Waals surface area contributed by atoms with Gasteiger partial charge in [0.05, 0.1) is 25.9 Å². The molecule has 0 heterocycles. The van der Waals surface area contributed by atoms with E-state index in [0.29, 0.717) is 37.9 Å². The first kappa shape index (κ1) is 35.9. The van der Waals surface area contributed by atoms with Crippen molar-refractivity contribution in [3.63, 3.8) is 0 Å². The van der Waals surface area contributed by atoms with Crippen molar-refractivity contribution in [2.45, 2.75) is 81.9 Å². The van der Waals surface area contributed by atoms with Gasteiger partial charge in [-0.15, -0.1) is 13.2 Å². The minimum absolute atomic E-state index is 0.0478. The Balaban J connectivity index is 2.54. The number of amides is 1. The highest BCUT2D eigenvalue weighted by Gasteiger charge is 2.40. The molecular weight excluding hydrogens is 568 g/mol. The average Bonchev–Trinajstić information content (AvgIpc) is 2.95. The zero-order chi connectivity index (χ0) is 32.0. The van der Waals surface area contributed by atoms with E-state index >= 15 is 0 Å². The maximum absolute atomic E-state index is 14.3. The fourth-order valence-electron chi connectivity index (χ4n) is 4.89. The highest BCUT2D eigenvalue weighted by atomic mass is 32.2. The third kappa shape index (κ3) is 10.7. The van der Waals surface area contributed by atoms with Crippen LogP contribution in [0.4, 0.5) is 4.79 Å². The van der Waals surface area contributed by atoms with Crippen molar-refractivity contribution >= 4 is 16.1 Å². The molecule has 0 radical (unpaired) electrons. The fourth-order valence-corrected chi connectivity index (χ4v) is 6.50. The Kier molecular flexibility index (Phi) is 14.2. The maximum Gasteiger partial charge on any atom is 0.408 e. The second-order valence-electron chi connectivity index (χ2n) is 11.4. The van der Waals surface area contributed by atoms with Gasteiger partial charge in [-0.05, 0) is 77.0 Å². The third-order valence-electron chi connectivity index (χ3n) is 7.03. The van der Waals surface area contributed by atoms with Crippen LogP contribution in [0.5, 0.6) is 11.5 Å². The number of ether oxygens (including phenoxy) is 2. The highest BCUT2D eigenvalue weighted by molar-refractivity contribution is 7.89. The van der Waals surface area contributed by atoms with Crippen LogP contribution in [0.25, 0.3) is 0 Å². The molecule has 0 fully saturated rings. The molecule has 238 valence electrons. The number of allylic oxidation sites excluding steroid dienone is 2. The lowest BCUT2D eigenvalue weighted by molar-refractivity contribution is 0.00108. The van der Waals surface area contributed by atoms with Gasteiger partial charge in [0.25, 0.3) is 0 Å². The van der Waals surface area contributed by atoms with Gasteiger partial charge in [-0.1, -0.05) is 42.5 Å². The highest BCUT2D eigenvalue weighted by Crippen LogP contribution is 2.32. The van der Waals surface area contributed by atoms with Crippen LogP contribution in [-0.4, -0.2) is 78.4 Å². The van der Waals surface area contributed by atoms with Gasteiger partial charge in [0.1, 0.15) is 16.4 Å². The summed E-state index contributed by atoms with van der Waals surface area (Å²) in [6.07, 6.45) is 4.52. The predicted molar refractivity (Wildman–Crippen MR) is 170 cm³/mol. The van der Waals surface area contributed by atoms with E-state index in [0.717, 1.165) is 5.56 Å². The summed E-state index contributed by atoms with van der Waals surface area (Å²) >= 11 is 0. The number of benzene rings is 2. The smallest absolute Gasteiger partial charge is 0.408 e. The van der Waals surface area contributed by atoms with Gasteiger partial charge in [0.2, 0.25) is 10.0 Å². The second kappa shape index (κ2) is 17.1. The SMILES string of the molecule is C=CCCCCN(C[C@@H](O)[C@H](Cc1ccccc1)N(C(=O)O)C(C)(C)C)S(=O)(=O)c1ccc(OC)cc1OCCCC=C. The topological polar surface area (TPSA) is 117 Å². The number of methoxy groups -OCH3 is 1. The Bertz CT molecular complexity index is 1280. The van der Waals surface area contributed by atoms with Gasteiger partial charge in [-0.25, -0.2) is 13.2 Å². The van der Waals surface area contributed by atoms with E-state index in [9.17, 15) is 23.4 Å². The molecule has 43 heavy (non-hydrogen) atoms. The fraction of sp³-hybridized carbons (Fsp3) is 0.485. The lowest BCUT2D eigenvalue weighted by Crippen LogP contribution is -2.58. The van der Waals surface area contributed by atoms with E-state index in [1.807, 2.05) is 30.3 Å². The van der Waals surface area contributed by atoms with Crippen LogP contribution < -0.4 is 9.47 Å². The van der Waals surface area contributed by atoms with Gasteiger partial charge in [0.15, 0.2) is 0 Å². The minimum Gasteiger partial charge on any atom is -0.497 e. The lowest BCUT2D eigenvalue weighted by Gasteiger charge is -2.42. The van der Waals surface area contributed by atoms with Crippen LogP contribution in [0.1, 0.15) is 58.4 Å². The molecule has 0 aliphatic heterocycles. The minimum atomic E-state index is -4.19. The summed E-state index contributed by atoms with van der Waals surface area (Å²) in [6.45, 7) is 12.8. The molecule has 2 N–H and O–H groups in total. The van der Waals surface area contributed by atoms with Gasteiger partial charge in [-0.3, -0.25) is 4.90 Å². The number of nitrogens with zero attached hydrogens (tertiary/aromatic N) is 2. The van der Waals surface area contributed by atoms with Gasteiger partial charge in [0, 0.05) is 24.7 Å². The third-order valence-corrected chi connectivity index (χ3v) is 8.93. The Morgan fingerprint density at radius 2 is 1.67 bits per heavy atom. The molecule has 2 aromatic carbocycles. The summed E-state index contributed by atoms with van der Waals surface area (Å²) in [5, 5.41) is 21.9. The number of hydrogen-bond donors (Lipinski definition) is 2. The van der Waals surface area contributed by atoms with Crippen molar-refractivity contribution < 1.29 is 32.9 Å². The first-order valence-electron chi connectivity index (χ1n) is 14.6. The van der Waals surface area contributed by atoms with Crippen LogP contribution in [0.15, 0.2) is 78.7 Å². The summed E-state index contributed by atoms with van der Waals surface area (Å²) in [6, 6.07) is 12.9. The lowest BCUT2D eigenvalue weighted by atomic mass is 9.94. The standard InChI is InChI=1S/C33H48N2O7S/c1-7-9-11-15-21-34(43(39,40)31-20-19-27(41-6)24-30(31)42-22-16-10-8-2)25-29(36)28(23-26-17-13-12-14-18-26)35(32(37)38)33(3,4)5/h7-8,12-14,17-20,24,28-29,36H,1-2,9-11,15-16,21-23,25H2,3-6H3,(H,37,38)/t28-,29+/m0/s1. The average molecular weight is 617 g/mol. The van der Waals surface area contributed by atoms with Gasteiger partial charge >= 0.3 is 6.09 Å². The maximum atomic E-state index is 14.3. The molecule has 0 unspecified atom stereocenters. The zero-order valence-corrected chi connectivity index (χ0v) is 26.8. The van der Waals surface area contributed by atoms with Crippen molar-refractivity contribution in [1.82, 2.24) is 9.21 Å². The number of hydrogen-bond acceptors (Lipinski definition) is 6. The molecule has 0 saturated carbocycles. The summed E-state index contributed by atoms with van der Waals surface area (Å²) < 4.78 is 41.0. The van der Waals surface area contributed by atoms with E-state index in [-0.39, 0.29) is 36.8 Å². The first-order chi connectivity index (χ1) is 20.4. The predicted octanol–water partition coefficient (Wildman–Crippen LogP) is 6.14. The van der Waals surface area contributed by atoms with Gasteiger partial charge < -0.3 is 19.7 Å². The molecule has 2 aromatic rings. The van der Waals surface area contributed by atoms with E-state index in [1.54, 1.807) is 39.0 Å². The normalized spacial score (nSPS) is 13.3. The number of carbonyl (C=O) groups is 1. The number of aliphatic hydroxyl groups excluding tert-OH is 1. The number of rotatable bonds is 19. The zero-order valence-electron chi connectivity index (χ0n) is 25.9. The monoisotopic (exact) mass is 616 g/mol. The summed E-state index contributed by atoms with van der Waals surface area (Å²) in [7, 11) is -2.70. The second-order valence-corrected chi connectivity index (χ2v) is 13.3. The first-order valence-corrected chi connectivity index (χ1v) is 16.1. The van der Waals surface area contributed by atoms with Crippen molar-refractivity contribution in [3.05, 3.63) is 79.4 Å². The van der Waals surface area contributed by atoms with Crippen LogP contribution in [0.3, 0.4) is 0 Å². The molecule has 0 bridgehead atoms. The van der Waals surface area contributed by atoms with E-state index in [2.05, 4.69) is 13.2 Å². The van der Waals surface area contributed by atoms with Crippen molar-refractivity contribution in [1.29, 1.82) is 0 Å². The van der Waals surface area contributed by atoms with E-state index < -0.39 is 33.8 Å². The molecule has 2 rings (SSSR count). The Labute approximate surface area is 257 Å². The quantitative estimate of drug-likeness (QED) is 0.144. The van der Waals surface area contributed by atoms with Crippen molar-refractivity contribution in [2.75, 3.05) is 26.8 Å². The van der Waals surface area contributed by atoms with E-state index in [4.69, 9.17) is 9.47 Å². The molecule has 1 amide bonds. The number of aliphatic hydroxyl groups is 1. The molecule has 2 atom stereocenters. The Morgan fingerprint density at radius 3 is 2.26 bits per heavy atom. The van der Waals surface area contributed by atoms with E-state index in [1.165, 1.54) is 28.4 Å². The molecular formula is C33H48N2O7S. The Morgan fingerprint density at radius 1 is 1.02 bits per heavy atom. The molecule has 0 aromatic heterocycles. The summed E-state index contributed by atoms with van der Waals surface area (Å²) in [5.74, 6) is 0.595. The number of carboxylic acid groups (broad SMARTS) is 1. The van der Waals surface area contributed by atoms with Crippen molar-refractivity contribution in [2.24, 2.45) is 0 Å². The Hall–Kier alpha value is -3.34. The molecule has 0 saturated heterocycles. The van der Waals surface area contributed by atoms with Crippen LogP contribution in [0.2, 0.25) is 0 Å². The summed E-state index contributed by atoms with van der Waals surface area (Å²) in [4.78, 5) is 13.7. The molecule has 10 heteroatoms. The summed E-state index contributed by atoms with van der Waals surface area (Å²) in [5.41, 5.74) is -0.0321. The number of unbranched alkanes of at least 4 members (excludes halogenated alkanes) is 3. The number of sulfonamides is 1.